The lowest BCUT2D eigenvalue weighted by atomic mass is 10.1. The summed E-state index contributed by atoms with van der Waals surface area (Å²) in [4.78, 5) is 29.2. The molecule has 1 fully saturated rings. The molecule has 1 aromatic heterocycles. The van der Waals surface area contributed by atoms with Crippen LogP contribution in [0.15, 0.2) is 47.6 Å². The predicted molar refractivity (Wildman–Crippen MR) is 133 cm³/mol. The fraction of sp³-hybridized carbons (Fsp3) is 0.360. The Morgan fingerprint density at radius 2 is 1.75 bits per heavy atom. The van der Waals surface area contributed by atoms with Crippen molar-refractivity contribution in [1.82, 2.24) is 24.6 Å². The minimum Gasteiger partial charge on any atom is -0.454 e. The van der Waals surface area contributed by atoms with Gasteiger partial charge < -0.3 is 19.1 Å². The summed E-state index contributed by atoms with van der Waals surface area (Å²) in [6.07, 6.45) is 1.93. The van der Waals surface area contributed by atoms with Crippen LogP contribution in [0.2, 0.25) is 0 Å². The van der Waals surface area contributed by atoms with Gasteiger partial charge in [0.25, 0.3) is 5.91 Å². The van der Waals surface area contributed by atoms with E-state index in [1.165, 1.54) is 11.8 Å². The molecule has 10 nitrogen and oxygen atoms in total. The van der Waals surface area contributed by atoms with Crippen LogP contribution in [-0.2, 0) is 16.1 Å². The van der Waals surface area contributed by atoms with Gasteiger partial charge in [-0.15, -0.1) is 10.2 Å². The Balaban J connectivity index is 1.09. The SMILES string of the molecule is CSc1nnc(C)n1-c1ccc(C(=O)OCC(=O)N2CCN(Cc3ccc4c(c3)OCO4)CC2)cc1. The van der Waals surface area contributed by atoms with E-state index in [-0.39, 0.29) is 19.3 Å². The molecule has 0 spiro atoms. The van der Waals surface area contributed by atoms with E-state index in [1.807, 2.05) is 48.1 Å². The monoisotopic (exact) mass is 509 g/mol. The summed E-state index contributed by atoms with van der Waals surface area (Å²) in [6, 6.07) is 13.0. The second kappa shape index (κ2) is 10.6. The Labute approximate surface area is 213 Å². The van der Waals surface area contributed by atoms with Crippen molar-refractivity contribution in [3.8, 4) is 17.2 Å². The molecule has 11 heteroatoms. The highest BCUT2D eigenvalue weighted by molar-refractivity contribution is 7.98. The van der Waals surface area contributed by atoms with E-state index >= 15 is 0 Å². The Kier molecular flexibility index (Phi) is 7.10. The van der Waals surface area contributed by atoms with Gasteiger partial charge in [0.2, 0.25) is 6.79 Å². The van der Waals surface area contributed by atoms with Crippen LogP contribution < -0.4 is 9.47 Å². The molecular formula is C25H27N5O5S. The van der Waals surface area contributed by atoms with Gasteiger partial charge in [0.05, 0.1) is 5.56 Å². The summed E-state index contributed by atoms with van der Waals surface area (Å²) in [7, 11) is 0. The van der Waals surface area contributed by atoms with Gasteiger partial charge in [-0.1, -0.05) is 17.8 Å². The second-order valence-corrected chi connectivity index (χ2v) is 9.31. The number of fused-ring (bicyclic) bond motifs is 1. The van der Waals surface area contributed by atoms with E-state index in [9.17, 15) is 9.59 Å². The van der Waals surface area contributed by atoms with Crippen LogP contribution in [0.5, 0.6) is 11.5 Å². The standard InChI is InChI=1S/C25H27N5O5S/c1-17-26-27-25(36-2)30(17)20-6-4-19(5-7-20)24(32)33-15-23(31)29-11-9-28(10-12-29)14-18-3-8-21-22(13-18)35-16-34-21/h3-8,13H,9-12,14-16H2,1-2H3. The molecule has 0 aliphatic carbocycles. The lowest BCUT2D eigenvalue weighted by Gasteiger charge is -2.34. The van der Waals surface area contributed by atoms with Gasteiger partial charge in [0.15, 0.2) is 23.3 Å². The van der Waals surface area contributed by atoms with Gasteiger partial charge in [-0.25, -0.2) is 4.79 Å². The second-order valence-electron chi connectivity index (χ2n) is 8.54. The maximum Gasteiger partial charge on any atom is 0.338 e. The molecule has 3 heterocycles. The van der Waals surface area contributed by atoms with Crippen LogP contribution in [0, 0.1) is 6.92 Å². The number of carbonyl (C=O) groups excluding carboxylic acids is 2. The normalized spacial score (nSPS) is 15.2. The Morgan fingerprint density at radius 3 is 2.50 bits per heavy atom. The summed E-state index contributed by atoms with van der Waals surface area (Å²) in [5.41, 5.74) is 2.38. The maximum absolute atomic E-state index is 12.6. The summed E-state index contributed by atoms with van der Waals surface area (Å²) >= 11 is 1.49. The molecule has 0 unspecified atom stereocenters. The molecule has 2 aliphatic rings. The van der Waals surface area contributed by atoms with Crippen LogP contribution in [0.25, 0.3) is 5.69 Å². The summed E-state index contributed by atoms with van der Waals surface area (Å²) < 4.78 is 18.0. The van der Waals surface area contributed by atoms with Gasteiger partial charge in [-0.2, -0.15) is 0 Å². The molecular weight excluding hydrogens is 482 g/mol. The van der Waals surface area contributed by atoms with E-state index in [0.717, 1.165) is 53.4 Å². The molecule has 0 bridgehead atoms. The van der Waals surface area contributed by atoms with Gasteiger partial charge in [0.1, 0.15) is 5.82 Å². The average molecular weight is 510 g/mol. The molecule has 0 N–H and O–H groups in total. The van der Waals surface area contributed by atoms with Crippen molar-refractivity contribution in [2.45, 2.75) is 18.6 Å². The van der Waals surface area contributed by atoms with Crippen LogP contribution in [-0.4, -0.2) is 82.3 Å². The molecule has 1 saturated heterocycles. The van der Waals surface area contributed by atoms with Crippen molar-refractivity contribution in [1.29, 1.82) is 0 Å². The molecule has 36 heavy (non-hydrogen) atoms. The third-order valence-corrected chi connectivity index (χ3v) is 6.86. The first-order valence-electron chi connectivity index (χ1n) is 11.6. The Hall–Kier alpha value is -3.57. The number of thioether (sulfide) groups is 1. The zero-order valence-corrected chi connectivity index (χ0v) is 21.0. The maximum atomic E-state index is 12.6. The van der Waals surface area contributed by atoms with Crippen LogP contribution in [0.4, 0.5) is 0 Å². The number of benzene rings is 2. The highest BCUT2D eigenvalue weighted by Crippen LogP contribution is 2.32. The van der Waals surface area contributed by atoms with Crippen LogP contribution in [0.3, 0.4) is 0 Å². The Bertz CT molecular complexity index is 1250. The predicted octanol–water partition coefficient (Wildman–Crippen LogP) is 2.53. The number of piperazine rings is 1. The third kappa shape index (κ3) is 5.17. The summed E-state index contributed by atoms with van der Waals surface area (Å²) in [6.45, 7) is 5.31. The van der Waals surface area contributed by atoms with E-state index in [4.69, 9.17) is 14.2 Å². The van der Waals surface area contributed by atoms with E-state index in [1.54, 1.807) is 17.0 Å². The van der Waals surface area contributed by atoms with Gasteiger partial charge >= 0.3 is 5.97 Å². The minimum absolute atomic E-state index is 0.188. The number of ether oxygens (including phenoxy) is 3. The Morgan fingerprint density at radius 1 is 1.00 bits per heavy atom. The molecule has 0 atom stereocenters. The summed E-state index contributed by atoms with van der Waals surface area (Å²) in [5.74, 6) is 1.59. The number of nitrogens with zero attached hydrogens (tertiary/aromatic N) is 5. The highest BCUT2D eigenvalue weighted by atomic mass is 32.2. The van der Waals surface area contributed by atoms with Gasteiger partial charge in [0, 0.05) is 38.4 Å². The molecule has 5 rings (SSSR count). The quantitative estimate of drug-likeness (QED) is 0.351. The van der Waals surface area contributed by atoms with Crippen LogP contribution in [0.1, 0.15) is 21.7 Å². The van der Waals surface area contributed by atoms with Crippen LogP contribution >= 0.6 is 11.8 Å². The molecule has 0 saturated carbocycles. The van der Waals surface area contributed by atoms with Crippen molar-refractivity contribution in [3.05, 3.63) is 59.4 Å². The topological polar surface area (TPSA) is 99.0 Å². The van der Waals surface area contributed by atoms with E-state index in [0.29, 0.717) is 18.7 Å². The first-order chi connectivity index (χ1) is 17.5. The number of aryl methyl sites for hydroxylation is 1. The fourth-order valence-corrected chi connectivity index (χ4v) is 4.82. The lowest BCUT2D eigenvalue weighted by Crippen LogP contribution is -2.49. The zero-order valence-electron chi connectivity index (χ0n) is 20.2. The largest absolute Gasteiger partial charge is 0.454 e. The van der Waals surface area contributed by atoms with Crippen molar-refractivity contribution < 1.29 is 23.8 Å². The zero-order chi connectivity index (χ0) is 25.1. The minimum atomic E-state index is -0.526. The number of hydrogen-bond acceptors (Lipinski definition) is 9. The first-order valence-corrected chi connectivity index (χ1v) is 12.9. The third-order valence-electron chi connectivity index (χ3n) is 6.23. The van der Waals surface area contributed by atoms with Crippen molar-refractivity contribution >= 4 is 23.6 Å². The van der Waals surface area contributed by atoms with E-state index in [2.05, 4.69) is 15.1 Å². The van der Waals surface area contributed by atoms with Gasteiger partial charge in [-0.05, 0) is 55.1 Å². The molecule has 2 aromatic carbocycles. The fourth-order valence-electron chi connectivity index (χ4n) is 4.27. The van der Waals surface area contributed by atoms with Crippen molar-refractivity contribution in [3.63, 3.8) is 0 Å². The summed E-state index contributed by atoms with van der Waals surface area (Å²) in [5, 5.41) is 8.99. The first kappa shape index (κ1) is 24.1. The van der Waals surface area contributed by atoms with Crippen molar-refractivity contribution in [2.75, 3.05) is 45.8 Å². The number of esters is 1. The molecule has 188 valence electrons. The number of carbonyl (C=O) groups is 2. The van der Waals surface area contributed by atoms with Crippen molar-refractivity contribution in [2.24, 2.45) is 0 Å². The van der Waals surface area contributed by atoms with Gasteiger partial charge in [-0.3, -0.25) is 14.3 Å². The molecule has 2 aliphatic heterocycles. The number of rotatable bonds is 7. The number of amides is 1. The smallest absolute Gasteiger partial charge is 0.338 e. The highest BCUT2D eigenvalue weighted by Gasteiger charge is 2.23. The lowest BCUT2D eigenvalue weighted by molar-refractivity contribution is -0.136. The van der Waals surface area contributed by atoms with E-state index < -0.39 is 5.97 Å². The number of hydrogen-bond donors (Lipinski definition) is 0. The average Bonchev–Trinajstić information content (AvgIpc) is 3.53. The molecule has 3 aromatic rings. The number of aromatic nitrogens is 3. The molecule has 0 radical (unpaired) electrons. The molecule has 1 amide bonds.